The number of rotatable bonds is 6. The molecular formula is C16H24N2O2. The summed E-state index contributed by atoms with van der Waals surface area (Å²) in [6.45, 7) is 7.90. The summed E-state index contributed by atoms with van der Waals surface area (Å²) in [6, 6.07) is 6.08. The van der Waals surface area contributed by atoms with Crippen LogP contribution in [0, 0.1) is 12.3 Å². The maximum absolute atomic E-state index is 11.5. The van der Waals surface area contributed by atoms with Crippen LogP contribution >= 0.6 is 0 Å². The highest BCUT2D eigenvalue weighted by molar-refractivity contribution is 5.60. The normalized spacial score (nSPS) is 22.9. The van der Waals surface area contributed by atoms with Gasteiger partial charge in [-0.25, -0.2) is 0 Å². The molecular weight excluding hydrogens is 252 g/mol. The summed E-state index contributed by atoms with van der Waals surface area (Å²) in [4.78, 5) is 18.3. The molecule has 1 saturated heterocycles. The third-order valence-corrected chi connectivity index (χ3v) is 3.92. The molecule has 4 nitrogen and oxygen atoms in total. The highest BCUT2D eigenvalue weighted by atomic mass is 16.5. The molecule has 0 N–H and O–H groups in total. The largest absolute Gasteiger partial charge is 0.380 e. The van der Waals surface area contributed by atoms with Crippen molar-refractivity contribution >= 4 is 6.29 Å². The van der Waals surface area contributed by atoms with Crippen LogP contribution in [0.15, 0.2) is 18.2 Å². The van der Waals surface area contributed by atoms with E-state index in [2.05, 4.69) is 16.8 Å². The number of carbonyl (C=O) groups excluding carboxylic acids is 1. The smallest absolute Gasteiger partial charge is 0.129 e. The van der Waals surface area contributed by atoms with Crippen LogP contribution < -0.4 is 0 Å². The van der Waals surface area contributed by atoms with Crippen LogP contribution in [0.3, 0.4) is 0 Å². The first-order valence-corrected chi connectivity index (χ1v) is 7.36. The highest BCUT2D eigenvalue weighted by Crippen LogP contribution is 2.27. The molecule has 1 atom stereocenters. The summed E-state index contributed by atoms with van der Waals surface area (Å²) < 4.78 is 5.52. The zero-order valence-electron chi connectivity index (χ0n) is 12.5. The standard InChI is InChI=1S/C16H24N2O2/c1-3-18(10-15-7-4-6-14(2)17-15)11-16(12-19)8-5-9-20-13-16/h4,6-7,12H,3,5,8-11,13H2,1-2H3. The summed E-state index contributed by atoms with van der Waals surface area (Å²) in [7, 11) is 0. The van der Waals surface area contributed by atoms with E-state index in [1.54, 1.807) is 0 Å². The van der Waals surface area contributed by atoms with Gasteiger partial charge in [-0.05, 0) is 38.4 Å². The first-order valence-electron chi connectivity index (χ1n) is 7.36. The molecule has 2 rings (SSSR count). The molecule has 0 spiro atoms. The van der Waals surface area contributed by atoms with E-state index < -0.39 is 0 Å². The lowest BCUT2D eigenvalue weighted by atomic mass is 9.83. The van der Waals surface area contributed by atoms with Crippen molar-refractivity contribution in [2.24, 2.45) is 5.41 Å². The Hall–Kier alpha value is -1.26. The Morgan fingerprint density at radius 3 is 2.95 bits per heavy atom. The summed E-state index contributed by atoms with van der Waals surface area (Å²) >= 11 is 0. The van der Waals surface area contributed by atoms with Gasteiger partial charge in [0.05, 0.1) is 17.7 Å². The number of carbonyl (C=O) groups is 1. The molecule has 0 bridgehead atoms. The average Bonchev–Trinajstić information content (AvgIpc) is 2.47. The SMILES string of the molecule is CCN(Cc1cccc(C)n1)CC1(C=O)CCCOC1. The molecule has 110 valence electrons. The topological polar surface area (TPSA) is 42.4 Å². The summed E-state index contributed by atoms with van der Waals surface area (Å²) in [5.41, 5.74) is 1.76. The number of nitrogens with zero attached hydrogens (tertiary/aromatic N) is 2. The van der Waals surface area contributed by atoms with Crippen LogP contribution in [0.4, 0.5) is 0 Å². The third kappa shape index (κ3) is 3.87. The molecule has 4 heteroatoms. The Morgan fingerprint density at radius 2 is 2.35 bits per heavy atom. The molecule has 1 fully saturated rings. The Bertz CT molecular complexity index is 442. The van der Waals surface area contributed by atoms with E-state index in [4.69, 9.17) is 4.74 Å². The molecule has 0 amide bonds. The lowest BCUT2D eigenvalue weighted by Crippen LogP contribution is -2.44. The van der Waals surface area contributed by atoms with Crippen molar-refractivity contribution < 1.29 is 9.53 Å². The van der Waals surface area contributed by atoms with Crippen LogP contribution in [-0.2, 0) is 16.1 Å². The minimum atomic E-state index is -0.335. The van der Waals surface area contributed by atoms with Gasteiger partial charge in [0.2, 0.25) is 0 Å². The van der Waals surface area contributed by atoms with Gasteiger partial charge in [-0.1, -0.05) is 13.0 Å². The lowest BCUT2D eigenvalue weighted by molar-refractivity contribution is -0.125. The van der Waals surface area contributed by atoms with Gasteiger partial charge < -0.3 is 9.53 Å². The quantitative estimate of drug-likeness (QED) is 0.747. The van der Waals surface area contributed by atoms with Crippen molar-refractivity contribution in [3.05, 3.63) is 29.6 Å². The van der Waals surface area contributed by atoms with E-state index in [1.807, 2.05) is 25.1 Å². The van der Waals surface area contributed by atoms with Crippen molar-refractivity contribution in [3.8, 4) is 0 Å². The monoisotopic (exact) mass is 276 g/mol. The summed E-state index contributed by atoms with van der Waals surface area (Å²) in [5, 5.41) is 0. The summed E-state index contributed by atoms with van der Waals surface area (Å²) in [5.74, 6) is 0. The number of aromatic nitrogens is 1. The Balaban J connectivity index is 2.02. The second-order valence-electron chi connectivity index (χ2n) is 5.71. The second kappa shape index (κ2) is 6.95. The Morgan fingerprint density at radius 1 is 1.50 bits per heavy atom. The number of hydrogen-bond donors (Lipinski definition) is 0. The van der Waals surface area contributed by atoms with E-state index in [0.29, 0.717) is 6.61 Å². The lowest BCUT2D eigenvalue weighted by Gasteiger charge is -2.36. The van der Waals surface area contributed by atoms with Gasteiger partial charge >= 0.3 is 0 Å². The van der Waals surface area contributed by atoms with Gasteiger partial charge in [-0.2, -0.15) is 0 Å². The van der Waals surface area contributed by atoms with E-state index in [-0.39, 0.29) is 5.41 Å². The predicted molar refractivity (Wildman–Crippen MR) is 78.5 cm³/mol. The number of aryl methyl sites for hydroxylation is 1. The maximum atomic E-state index is 11.5. The van der Waals surface area contributed by atoms with Crippen molar-refractivity contribution in [3.63, 3.8) is 0 Å². The molecule has 0 aliphatic carbocycles. The molecule has 0 saturated carbocycles. The number of hydrogen-bond acceptors (Lipinski definition) is 4. The minimum absolute atomic E-state index is 0.335. The van der Waals surface area contributed by atoms with Crippen LogP contribution in [0.2, 0.25) is 0 Å². The third-order valence-electron chi connectivity index (χ3n) is 3.92. The van der Waals surface area contributed by atoms with Gasteiger partial charge in [-0.15, -0.1) is 0 Å². The predicted octanol–water partition coefficient (Wildman–Crippen LogP) is 2.21. The van der Waals surface area contributed by atoms with Crippen molar-refractivity contribution in [1.82, 2.24) is 9.88 Å². The van der Waals surface area contributed by atoms with E-state index in [9.17, 15) is 4.79 Å². The molecule has 2 heterocycles. The average molecular weight is 276 g/mol. The molecule has 20 heavy (non-hydrogen) atoms. The van der Waals surface area contributed by atoms with Crippen LogP contribution in [-0.4, -0.2) is 42.5 Å². The van der Waals surface area contributed by atoms with E-state index in [0.717, 1.165) is 56.8 Å². The van der Waals surface area contributed by atoms with Gasteiger partial charge in [-0.3, -0.25) is 9.88 Å². The van der Waals surface area contributed by atoms with E-state index in [1.165, 1.54) is 0 Å². The molecule has 0 aromatic carbocycles. The number of aldehydes is 1. The molecule has 1 aliphatic rings. The van der Waals surface area contributed by atoms with Crippen LogP contribution in [0.25, 0.3) is 0 Å². The Labute approximate surface area is 121 Å². The summed E-state index contributed by atoms with van der Waals surface area (Å²) in [6.07, 6.45) is 2.99. The molecule has 1 unspecified atom stereocenters. The van der Waals surface area contributed by atoms with Crippen LogP contribution in [0.1, 0.15) is 31.2 Å². The number of ether oxygens (including phenoxy) is 1. The van der Waals surface area contributed by atoms with Gasteiger partial charge in [0.15, 0.2) is 0 Å². The van der Waals surface area contributed by atoms with E-state index >= 15 is 0 Å². The van der Waals surface area contributed by atoms with Crippen LogP contribution in [0.5, 0.6) is 0 Å². The van der Waals surface area contributed by atoms with Crippen molar-refractivity contribution in [1.29, 1.82) is 0 Å². The number of pyridine rings is 1. The first kappa shape index (κ1) is 15.1. The van der Waals surface area contributed by atoms with Gasteiger partial charge in [0.1, 0.15) is 6.29 Å². The fourth-order valence-corrected chi connectivity index (χ4v) is 2.77. The Kier molecular flexibility index (Phi) is 5.26. The minimum Gasteiger partial charge on any atom is -0.380 e. The zero-order chi connectivity index (χ0) is 14.4. The zero-order valence-corrected chi connectivity index (χ0v) is 12.5. The van der Waals surface area contributed by atoms with Gasteiger partial charge in [0, 0.05) is 25.4 Å². The van der Waals surface area contributed by atoms with Crippen molar-refractivity contribution in [2.75, 3.05) is 26.3 Å². The fourth-order valence-electron chi connectivity index (χ4n) is 2.77. The highest BCUT2D eigenvalue weighted by Gasteiger charge is 2.34. The maximum Gasteiger partial charge on any atom is 0.129 e. The first-order chi connectivity index (χ1) is 9.67. The van der Waals surface area contributed by atoms with Gasteiger partial charge in [0.25, 0.3) is 0 Å². The molecule has 1 aliphatic heterocycles. The second-order valence-corrected chi connectivity index (χ2v) is 5.71. The van der Waals surface area contributed by atoms with Crippen molar-refractivity contribution in [2.45, 2.75) is 33.2 Å². The molecule has 0 radical (unpaired) electrons. The fraction of sp³-hybridized carbons (Fsp3) is 0.625. The molecule has 1 aromatic heterocycles. The molecule has 1 aromatic rings.